The van der Waals surface area contributed by atoms with Crippen molar-refractivity contribution in [3.05, 3.63) is 54.0 Å². The number of halogens is 1. The molecule has 5 nitrogen and oxygen atoms in total. The number of nitrogens with zero attached hydrogens (tertiary/aromatic N) is 2. The van der Waals surface area contributed by atoms with Crippen molar-refractivity contribution in [2.24, 2.45) is 5.73 Å². The Hall–Kier alpha value is -2.06. The van der Waals surface area contributed by atoms with Crippen molar-refractivity contribution in [1.82, 2.24) is 4.98 Å². The maximum atomic E-state index is 13.5. The Morgan fingerprint density at radius 3 is 2.62 bits per heavy atom. The van der Waals surface area contributed by atoms with E-state index in [1.165, 1.54) is 13.2 Å². The van der Waals surface area contributed by atoms with Gasteiger partial charge in [0.05, 0.1) is 4.90 Å². The van der Waals surface area contributed by atoms with E-state index in [-0.39, 0.29) is 21.3 Å². The number of pyridine rings is 1. The van der Waals surface area contributed by atoms with Crippen LogP contribution in [0.3, 0.4) is 0 Å². The second kappa shape index (κ2) is 5.74. The molecule has 1 heterocycles. The van der Waals surface area contributed by atoms with Crippen LogP contribution in [0.5, 0.6) is 0 Å². The molecule has 0 saturated carbocycles. The number of rotatable bonds is 4. The first-order chi connectivity index (χ1) is 9.84. The van der Waals surface area contributed by atoms with Gasteiger partial charge in [-0.25, -0.2) is 17.8 Å². The zero-order valence-electron chi connectivity index (χ0n) is 11.0. The summed E-state index contributed by atoms with van der Waals surface area (Å²) in [6, 6.07) is 8.19. The summed E-state index contributed by atoms with van der Waals surface area (Å²) in [5.74, 6) is -0.416. The van der Waals surface area contributed by atoms with E-state index in [1.807, 2.05) is 0 Å². The number of benzene rings is 1. The first-order valence-corrected chi connectivity index (χ1v) is 7.68. The molecule has 0 fully saturated rings. The minimum atomic E-state index is -3.88. The standard InChI is InChI=1S/C13H12FN3O2S2/c1-17(12-4-2-3-7-16-12)21(18,19)9-5-6-11(14)10(8-9)13(15)20/h2-8H,1H3,(H2,15,20). The lowest BCUT2D eigenvalue weighted by Gasteiger charge is -2.18. The molecular formula is C13H12FN3O2S2. The van der Waals surface area contributed by atoms with Crippen molar-refractivity contribution in [3.63, 3.8) is 0 Å². The zero-order valence-corrected chi connectivity index (χ0v) is 12.7. The molecule has 2 aromatic rings. The largest absolute Gasteiger partial charge is 0.389 e. The van der Waals surface area contributed by atoms with Crippen LogP contribution in [0.4, 0.5) is 10.2 Å². The van der Waals surface area contributed by atoms with E-state index in [4.69, 9.17) is 18.0 Å². The quantitative estimate of drug-likeness (QED) is 0.866. The summed E-state index contributed by atoms with van der Waals surface area (Å²) in [7, 11) is -2.51. The van der Waals surface area contributed by atoms with Crippen LogP contribution in [0.2, 0.25) is 0 Å². The minimum Gasteiger partial charge on any atom is -0.389 e. The number of nitrogens with two attached hydrogens (primary N) is 1. The summed E-state index contributed by atoms with van der Waals surface area (Å²) in [4.78, 5) is 3.65. The van der Waals surface area contributed by atoms with Crippen LogP contribution in [-0.2, 0) is 10.0 Å². The van der Waals surface area contributed by atoms with Gasteiger partial charge in [0, 0.05) is 18.8 Å². The van der Waals surface area contributed by atoms with Crippen LogP contribution in [0.25, 0.3) is 0 Å². The predicted molar refractivity (Wildman–Crippen MR) is 82.1 cm³/mol. The molecule has 1 aromatic carbocycles. The average molecular weight is 325 g/mol. The maximum absolute atomic E-state index is 13.5. The minimum absolute atomic E-state index is 0.111. The highest BCUT2D eigenvalue weighted by atomic mass is 32.2. The smallest absolute Gasteiger partial charge is 0.265 e. The lowest BCUT2D eigenvalue weighted by Crippen LogP contribution is -2.27. The highest BCUT2D eigenvalue weighted by molar-refractivity contribution is 7.92. The summed E-state index contributed by atoms with van der Waals surface area (Å²) in [6.45, 7) is 0. The van der Waals surface area contributed by atoms with Gasteiger partial charge in [0.25, 0.3) is 10.0 Å². The van der Waals surface area contributed by atoms with Crippen molar-refractivity contribution in [3.8, 4) is 0 Å². The lowest BCUT2D eigenvalue weighted by atomic mass is 10.2. The van der Waals surface area contributed by atoms with E-state index in [1.54, 1.807) is 18.2 Å². The van der Waals surface area contributed by atoms with Gasteiger partial charge in [-0.1, -0.05) is 18.3 Å². The molecule has 0 unspecified atom stereocenters. The fraction of sp³-hybridized carbons (Fsp3) is 0.0769. The topological polar surface area (TPSA) is 76.3 Å². The fourth-order valence-corrected chi connectivity index (χ4v) is 3.01. The second-order valence-electron chi connectivity index (χ2n) is 4.17. The highest BCUT2D eigenvalue weighted by Crippen LogP contribution is 2.22. The van der Waals surface area contributed by atoms with Crippen molar-refractivity contribution < 1.29 is 12.8 Å². The van der Waals surface area contributed by atoms with Crippen LogP contribution in [-0.4, -0.2) is 25.4 Å². The number of sulfonamides is 1. The Kier molecular flexibility index (Phi) is 4.19. The summed E-state index contributed by atoms with van der Waals surface area (Å²) >= 11 is 4.71. The number of hydrogen-bond acceptors (Lipinski definition) is 4. The third-order valence-electron chi connectivity index (χ3n) is 2.83. The first kappa shape index (κ1) is 15.3. The molecule has 8 heteroatoms. The molecule has 0 amide bonds. The summed E-state index contributed by atoms with van der Waals surface area (Å²) in [6.07, 6.45) is 1.48. The molecule has 0 saturated heterocycles. The van der Waals surface area contributed by atoms with Crippen molar-refractivity contribution in [1.29, 1.82) is 0 Å². The van der Waals surface area contributed by atoms with Gasteiger partial charge < -0.3 is 5.73 Å². The number of thiocarbonyl (C=S) groups is 1. The van der Waals surface area contributed by atoms with Crippen molar-refractivity contribution >= 4 is 33.0 Å². The molecule has 0 aliphatic carbocycles. The molecule has 0 atom stereocenters. The Bertz CT molecular complexity index is 779. The molecule has 0 aliphatic rings. The Labute approximate surface area is 127 Å². The van der Waals surface area contributed by atoms with E-state index in [2.05, 4.69) is 4.98 Å². The van der Waals surface area contributed by atoms with Gasteiger partial charge in [-0.3, -0.25) is 4.31 Å². The third kappa shape index (κ3) is 3.01. The maximum Gasteiger partial charge on any atom is 0.265 e. The van der Waals surface area contributed by atoms with Crippen molar-refractivity contribution in [2.75, 3.05) is 11.4 Å². The number of hydrogen-bond donors (Lipinski definition) is 1. The molecule has 2 N–H and O–H groups in total. The molecule has 21 heavy (non-hydrogen) atoms. The molecule has 0 spiro atoms. The van der Waals surface area contributed by atoms with E-state index < -0.39 is 15.8 Å². The lowest BCUT2D eigenvalue weighted by molar-refractivity contribution is 0.592. The van der Waals surface area contributed by atoms with Gasteiger partial charge in [0.2, 0.25) is 0 Å². The second-order valence-corrected chi connectivity index (χ2v) is 6.58. The van der Waals surface area contributed by atoms with E-state index in [0.717, 1.165) is 22.5 Å². The molecule has 2 rings (SSSR count). The Morgan fingerprint density at radius 1 is 1.33 bits per heavy atom. The molecule has 1 aromatic heterocycles. The number of aromatic nitrogens is 1. The van der Waals surface area contributed by atoms with Gasteiger partial charge in [-0.05, 0) is 30.3 Å². The molecule has 0 radical (unpaired) electrons. The van der Waals surface area contributed by atoms with E-state index >= 15 is 0 Å². The van der Waals surface area contributed by atoms with Crippen LogP contribution in [0, 0.1) is 5.82 Å². The SMILES string of the molecule is CN(c1ccccn1)S(=O)(=O)c1ccc(F)c(C(N)=S)c1. The van der Waals surface area contributed by atoms with Crippen LogP contribution >= 0.6 is 12.2 Å². The third-order valence-corrected chi connectivity index (χ3v) is 4.81. The fourth-order valence-electron chi connectivity index (χ4n) is 1.67. The highest BCUT2D eigenvalue weighted by Gasteiger charge is 2.23. The van der Waals surface area contributed by atoms with Gasteiger partial charge >= 0.3 is 0 Å². The van der Waals surface area contributed by atoms with Crippen molar-refractivity contribution in [2.45, 2.75) is 4.90 Å². The van der Waals surface area contributed by atoms with Crippen LogP contribution in [0.15, 0.2) is 47.5 Å². The summed E-state index contributed by atoms with van der Waals surface area (Å²) in [5.41, 5.74) is 5.27. The summed E-state index contributed by atoms with van der Waals surface area (Å²) < 4.78 is 39.5. The monoisotopic (exact) mass is 325 g/mol. The van der Waals surface area contributed by atoms with Gasteiger partial charge in [0.1, 0.15) is 16.6 Å². The van der Waals surface area contributed by atoms with Crippen LogP contribution in [0.1, 0.15) is 5.56 Å². The predicted octanol–water partition coefficient (Wildman–Crippen LogP) is 1.68. The van der Waals surface area contributed by atoms with Gasteiger partial charge in [0.15, 0.2) is 0 Å². The Morgan fingerprint density at radius 2 is 2.05 bits per heavy atom. The zero-order chi connectivity index (χ0) is 15.6. The number of anilines is 1. The molecule has 0 aliphatic heterocycles. The molecular weight excluding hydrogens is 313 g/mol. The average Bonchev–Trinajstić information content (AvgIpc) is 2.47. The van der Waals surface area contributed by atoms with E-state index in [0.29, 0.717) is 0 Å². The Balaban J connectivity index is 2.50. The summed E-state index contributed by atoms with van der Waals surface area (Å²) in [5, 5.41) is 0. The molecule has 0 bridgehead atoms. The normalized spacial score (nSPS) is 11.1. The van der Waals surface area contributed by atoms with Crippen LogP contribution < -0.4 is 10.0 Å². The van der Waals surface area contributed by atoms with Gasteiger partial charge in [-0.2, -0.15) is 0 Å². The first-order valence-electron chi connectivity index (χ1n) is 5.83. The van der Waals surface area contributed by atoms with E-state index in [9.17, 15) is 12.8 Å². The molecule has 110 valence electrons. The van der Waals surface area contributed by atoms with Gasteiger partial charge in [-0.15, -0.1) is 0 Å².